The monoisotopic (exact) mass is 486 g/mol. The summed E-state index contributed by atoms with van der Waals surface area (Å²) < 4.78 is 17.9. The molecule has 0 bridgehead atoms. The van der Waals surface area contributed by atoms with Crippen molar-refractivity contribution in [2.75, 3.05) is 20.3 Å². The average molecular weight is 487 g/mol. The molecular formula is C28H22O6S. The van der Waals surface area contributed by atoms with Crippen molar-refractivity contribution in [3.63, 3.8) is 0 Å². The highest BCUT2D eigenvalue weighted by Crippen LogP contribution is 2.42. The molecule has 0 fully saturated rings. The standard InChI is InChI=1S/C28H22O6S/c1-32-25-15-24(34-16-28(30)31)17(13-21(25)27-14-18-5-2-3-8-26(18)35-27)9-10-22(29)19-6-4-7-23-20(19)11-12-33-23/h2-10,13-15H,11-12,16H2,1H3,(H,30,31)/b10-9+. The van der Waals surface area contributed by atoms with Crippen molar-refractivity contribution in [3.8, 4) is 27.7 Å². The lowest BCUT2D eigenvalue weighted by atomic mass is 10.00. The van der Waals surface area contributed by atoms with Crippen molar-refractivity contribution in [1.29, 1.82) is 0 Å². The van der Waals surface area contributed by atoms with Crippen LogP contribution in [0.2, 0.25) is 0 Å². The summed E-state index contributed by atoms with van der Waals surface area (Å²) in [5, 5.41) is 10.2. The molecule has 2 heterocycles. The Labute approximate surface area is 206 Å². The molecule has 0 saturated heterocycles. The number of carbonyl (C=O) groups excluding carboxylic acids is 1. The van der Waals surface area contributed by atoms with Crippen molar-refractivity contribution in [3.05, 3.63) is 83.4 Å². The van der Waals surface area contributed by atoms with Gasteiger partial charge in [-0.1, -0.05) is 30.3 Å². The topological polar surface area (TPSA) is 82.1 Å². The summed E-state index contributed by atoms with van der Waals surface area (Å²) in [5.74, 6) is 0.364. The molecule has 0 atom stereocenters. The van der Waals surface area contributed by atoms with Crippen molar-refractivity contribution < 1.29 is 28.9 Å². The minimum Gasteiger partial charge on any atom is -0.496 e. The first kappa shape index (κ1) is 22.7. The first-order chi connectivity index (χ1) is 17.0. The predicted molar refractivity (Wildman–Crippen MR) is 136 cm³/mol. The third kappa shape index (κ3) is 4.63. The molecule has 7 heteroatoms. The molecule has 3 aromatic carbocycles. The molecule has 1 aliphatic heterocycles. The first-order valence-electron chi connectivity index (χ1n) is 11.1. The van der Waals surface area contributed by atoms with Crippen molar-refractivity contribution >= 4 is 39.3 Å². The van der Waals surface area contributed by atoms with Crippen LogP contribution in [-0.2, 0) is 11.2 Å². The summed E-state index contributed by atoms with van der Waals surface area (Å²) in [7, 11) is 1.56. The number of carbonyl (C=O) groups is 2. The molecule has 0 spiro atoms. The summed E-state index contributed by atoms with van der Waals surface area (Å²) in [6.45, 7) is 0.0528. The highest BCUT2D eigenvalue weighted by molar-refractivity contribution is 7.22. The predicted octanol–water partition coefficient (Wildman–Crippen LogP) is 5.87. The van der Waals surface area contributed by atoms with E-state index in [1.54, 1.807) is 42.7 Å². The van der Waals surface area contributed by atoms with Gasteiger partial charge in [0.25, 0.3) is 0 Å². The lowest BCUT2D eigenvalue weighted by Crippen LogP contribution is -2.10. The number of carboxylic acids is 1. The van der Waals surface area contributed by atoms with E-state index in [2.05, 4.69) is 12.1 Å². The van der Waals surface area contributed by atoms with Gasteiger partial charge in [-0.2, -0.15) is 0 Å². The molecule has 1 aromatic heterocycles. The van der Waals surface area contributed by atoms with E-state index in [1.165, 1.54) is 6.08 Å². The van der Waals surface area contributed by atoms with Gasteiger partial charge in [0.2, 0.25) is 0 Å². The smallest absolute Gasteiger partial charge is 0.341 e. The average Bonchev–Trinajstić information content (AvgIpc) is 3.52. The van der Waals surface area contributed by atoms with Gasteiger partial charge in [-0.25, -0.2) is 4.79 Å². The van der Waals surface area contributed by atoms with Crippen LogP contribution in [0.3, 0.4) is 0 Å². The fourth-order valence-electron chi connectivity index (χ4n) is 4.16. The van der Waals surface area contributed by atoms with Crippen LogP contribution in [0.25, 0.3) is 26.6 Å². The van der Waals surface area contributed by atoms with Gasteiger partial charge in [-0.05, 0) is 41.8 Å². The second-order valence-electron chi connectivity index (χ2n) is 8.00. The molecule has 0 aliphatic carbocycles. The number of fused-ring (bicyclic) bond motifs is 2. The van der Waals surface area contributed by atoms with E-state index in [1.807, 2.05) is 30.3 Å². The van der Waals surface area contributed by atoms with Crippen LogP contribution >= 0.6 is 11.3 Å². The van der Waals surface area contributed by atoms with Crippen molar-refractivity contribution in [2.24, 2.45) is 0 Å². The fourth-order valence-corrected chi connectivity index (χ4v) is 5.24. The van der Waals surface area contributed by atoms with Gasteiger partial charge in [-0.15, -0.1) is 11.3 Å². The lowest BCUT2D eigenvalue weighted by Gasteiger charge is -2.13. The molecule has 1 N–H and O–H groups in total. The third-order valence-electron chi connectivity index (χ3n) is 5.80. The minimum absolute atomic E-state index is 0.157. The van der Waals surface area contributed by atoms with Crippen LogP contribution in [0.15, 0.2) is 66.7 Å². The van der Waals surface area contributed by atoms with Gasteiger partial charge in [0.15, 0.2) is 12.4 Å². The lowest BCUT2D eigenvalue weighted by molar-refractivity contribution is -0.139. The number of allylic oxidation sites excluding steroid dienone is 1. The Hall–Kier alpha value is -4.10. The second-order valence-corrected chi connectivity index (χ2v) is 9.08. The van der Waals surface area contributed by atoms with Crippen LogP contribution < -0.4 is 14.2 Å². The number of hydrogen-bond donors (Lipinski definition) is 1. The summed E-state index contributed by atoms with van der Waals surface area (Å²) >= 11 is 1.63. The highest BCUT2D eigenvalue weighted by Gasteiger charge is 2.19. The molecule has 0 unspecified atom stereocenters. The fraction of sp³-hybridized carbons (Fsp3) is 0.143. The van der Waals surface area contributed by atoms with E-state index >= 15 is 0 Å². The minimum atomic E-state index is -1.09. The van der Waals surface area contributed by atoms with E-state index in [0.717, 1.165) is 31.8 Å². The summed E-state index contributed by atoms with van der Waals surface area (Å²) in [6, 6.07) is 19.2. The zero-order chi connectivity index (χ0) is 24.4. The van der Waals surface area contributed by atoms with E-state index in [0.29, 0.717) is 35.7 Å². The van der Waals surface area contributed by atoms with E-state index in [9.17, 15) is 9.59 Å². The first-order valence-corrected chi connectivity index (χ1v) is 11.9. The number of ether oxygens (including phenoxy) is 3. The van der Waals surface area contributed by atoms with Gasteiger partial charge in [0.05, 0.1) is 13.7 Å². The Kier molecular flexibility index (Phi) is 6.25. The van der Waals surface area contributed by atoms with Crippen LogP contribution in [-0.4, -0.2) is 37.2 Å². The van der Waals surface area contributed by atoms with Gasteiger partial charge < -0.3 is 19.3 Å². The summed E-state index contributed by atoms with van der Waals surface area (Å²) in [4.78, 5) is 25.2. The molecule has 0 saturated carbocycles. The molecule has 6 nitrogen and oxygen atoms in total. The number of benzene rings is 3. The number of hydrogen-bond acceptors (Lipinski definition) is 6. The van der Waals surface area contributed by atoms with E-state index < -0.39 is 12.6 Å². The number of aliphatic carboxylic acids is 1. The maximum Gasteiger partial charge on any atom is 0.341 e. The maximum atomic E-state index is 13.1. The molecule has 0 amide bonds. The second kappa shape index (κ2) is 9.64. The zero-order valence-electron chi connectivity index (χ0n) is 18.9. The Bertz CT molecular complexity index is 1430. The van der Waals surface area contributed by atoms with Crippen LogP contribution in [0, 0.1) is 0 Å². The molecule has 176 valence electrons. The normalized spacial score (nSPS) is 12.5. The highest BCUT2D eigenvalue weighted by atomic mass is 32.1. The van der Waals surface area contributed by atoms with E-state index in [-0.39, 0.29) is 5.78 Å². The SMILES string of the molecule is COc1cc(OCC(=O)O)c(/C=C/C(=O)c2cccc3c2CCO3)cc1-c1cc2ccccc2s1. The van der Waals surface area contributed by atoms with Gasteiger partial charge >= 0.3 is 5.97 Å². The Morgan fingerprint density at radius 1 is 1.09 bits per heavy atom. The van der Waals surface area contributed by atoms with Crippen molar-refractivity contribution in [1.82, 2.24) is 0 Å². The third-order valence-corrected chi connectivity index (χ3v) is 6.95. The number of carboxylic acid groups (broad SMARTS) is 1. The molecule has 0 radical (unpaired) electrons. The van der Waals surface area contributed by atoms with Crippen molar-refractivity contribution in [2.45, 2.75) is 6.42 Å². The summed E-state index contributed by atoms with van der Waals surface area (Å²) in [6.07, 6.45) is 3.83. The quantitative estimate of drug-likeness (QED) is 0.248. The molecule has 35 heavy (non-hydrogen) atoms. The van der Waals surface area contributed by atoms with Gasteiger partial charge in [0.1, 0.15) is 17.2 Å². The number of rotatable bonds is 8. The largest absolute Gasteiger partial charge is 0.496 e. The maximum absolute atomic E-state index is 13.1. The summed E-state index contributed by atoms with van der Waals surface area (Å²) in [5.41, 5.74) is 2.92. The molecule has 4 aromatic rings. The molecule has 5 rings (SSSR count). The van der Waals surface area contributed by atoms with Crippen LogP contribution in [0.1, 0.15) is 21.5 Å². The van der Waals surface area contributed by atoms with Gasteiger partial charge in [-0.3, -0.25) is 4.79 Å². The zero-order valence-corrected chi connectivity index (χ0v) is 19.8. The Morgan fingerprint density at radius 3 is 2.74 bits per heavy atom. The van der Waals surface area contributed by atoms with E-state index in [4.69, 9.17) is 19.3 Å². The Balaban J connectivity index is 1.56. The van der Waals surface area contributed by atoms with Crippen LogP contribution in [0.4, 0.5) is 0 Å². The number of thiophene rings is 1. The molecular weight excluding hydrogens is 464 g/mol. The van der Waals surface area contributed by atoms with Crippen LogP contribution in [0.5, 0.6) is 17.2 Å². The Morgan fingerprint density at radius 2 is 1.94 bits per heavy atom. The number of ketones is 1. The van der Waals surface area contributed by atoms with Gasteiger partial charge in [0, 0.05) is 44.3 Å². The number of methoxy groups -OCH3 is 1. The molecule has 1 aliphatic rings.